The second-order valence-electron chi connectivity index (χ2n) is 5.85. The summed E-state index contributed by atoms with van der Waals surface area (Å²) in [6.45, 7) is 1.83. The van der Waals surface area contributed by atoms with E-state index in [1.165, 1.54) is 6.07 Å². The van der Waals surface area contributed by atoms with Gasteiger partial charge in [0.25, 0.3) is 15.9 Å². The standard InChI is InChI=1S/C17H17BrN2O3S/c1-11-9-15(7-8-16(11)18)24(22,23)20-14-4-2-3-12(10-14)17(21)19-13-5-6-13/h2-4,7-10,13,20H,5-6H2,1H3,(H,19,21). The van der Waals surface area contributed by atoms with E-state index in [0.29, 0.717) is 11.3 Å². The van der Waals surface area contributed by atoms with Gasteiger partial charge in [0.15, 0.2) is 0 Å². The van der Waals surface area contributed by atoms with Crippen LogP contribution in [0.15, 0.2) is 51.8 Å². The zero-order chi connectivity index (χ0) is 17.3. The predicted molar refractivity (Wildman–Crippen MR) is 96.6 cm³/mol. The number of benzene rings is 2. The van der Waals surface area contributed by atoms with Crippen LogP contribution in [-0.2, 0) is 10.0 Å². The number of carbonyl (C=O) groups is 1. The molecule has 1 aliphatic rings. The molecule has 0 aliphatic heterocycles. The van der Waals surface area contributed by atoms with Crippen molar-refractivity contribution in [2.75, 3.05) is 4.72 Å². The van der Waals surface area contributed by atoms with Crippen LogP contribution in [0.5, 0.6) is 0 Å². The summed E-state index contributed by atoms with van der Waals surface area (Å²) in [7, 11) is -3.71. The summed E-state index contributed by atoms with van der Waals surface area (Å²) >= 11 is 3.35. The molecule has 0 saturated heterocycles. The van der Waals surface area contributed by atoms with Crippen LogP contribution in [0.2, 0.25) is 0 Å². The van der Waals surface area contributed by atoms with Gasteiger partial charge >= 0.3 is 0 Å². The molecule has 0 heterocycles. The maximum atomic E-state index is 12.5. The second-order valence-corrected chi connectivity index (χ2v) is 8.38. The van der Waals surface area contributed by atoms with Gasteiger partial charge in [-0.2, -0.15) is 0 Å². The van der Waals surface area contributed by atoms with Crippen LogP contribution in [0.25, 0.3) is 0 Å². The Bertz CT molecular complexity index is 892. The van der Waals surface area contributed by atoms with Crippen molar-refractivity contribution in [3.63, 3.8) is 0 Å². The van der Waals surface area contributed by atoms with Gasteiger partial charge < -0.3 is 5.32 Å². The Morgan fingerprint density at radius 1 is 1.17 bits per heavy atom. The van der Waals surface area contributed by atoms with Crippen LogP contribution in [0, 0.1) is 6.92 Å². The molecule has 1 fully saturated rings. The fourth-order valence-corrected chi connectivity index (χ4v) is 3.60. The molecule has 0 aromatic heterocycles. The van der Waals surface area contributed by atoms with Crippen molar-refractivity contribution in [3.05, 3.63) is 58.1 Å². The first-order valence-electron chi connectivity index (χ1n) is 7.55. The number of halogens is 1. The van der Waals surface area contributed by atoms with E-state index in [4.69, 9.17) is 0 Å². The summed E-state index contributed by atoms with van der Waals surface area (Å²) in [6.07, 6.45) is 2.00. The number of nitrogens with one attached hydrogen (secondary N) is 2. The largest absolute Gasteiger partial charge is 0.349 e. The molecule has 126 valence electrons. The highest BCUT2D eigenvalue weighted by Gasteiger charge is 2.24. The Labute approximate surface area is 149 Å². The monoisotopic (exact) mass is 408 g/mol. The number of rotatable bonds is 5. The van der Waals surface area contributed by atoms with Gasteiger partial charge in [0.1, 0.15) is 0 Å². The normalized spacial score (nSPS) is 14.2. The fourth-order valence-electron chi connectivity index (χ4n) is 2.22. The first-order chi connectivity index (χ1) is 11.3. The molecule has 1 aliphatic carbocycles. The summed E-state index contributed by atoms with van der Waals surface area (Å²) in [6, 6.07) is 11.6. The van der Waals surface area contributed by atoms with Crippen molar-refractivity contribution in [2.45, 2.75) is 30.7 Å². The zero-order valence-electron chi connectivity index (χ0n) is 13.0. The van der Waals surface area contributed by atoms with Gasteiger partial charge in [-0.3, -0.25) is 9.52 Å². The smallest absolute Gasteiger partial charge is 0.261 e. The van der Waals surface area contributed by atoms with Gasteiger partial charge in [-0.15, -0.1) is 0 Å². The van der Waals surface area contributed by atoms with Crippen LogP contribution < -0.4 is 10.0 Å². The minimum absolute atomic E-state index is 0.177. The van der Waals surface area contributed by atoms with E-state index >= 15 is 0 Å². The lowest BCUT2D eigenvalue weighted by Gasteiger charge is -2.11. The van der Waals surface area contributed by atoms with Crippen LogP contribution in [0.1, 0.15) is 28.8 Å². The molecule has 0 bridgehead atoms. The second kappa shape index (κ2) is 6.57. The van der Waals surface area contributed by atoms with Crippen LogP contribution >= 0.6 is 15.9 Å². The van der Waals surface area contributed by atoms with Crippen LogP contribution in [-0.4, -0.2) is 20.4 Å². The summed E-state index contributed by atoms with van der Waals surface area (Å²) in [5.74, 6) is -0.182. The first kappa shape index (κ1) is 17.0. The Kier molecular flexibility index (Phi) is 4.64. The molecular weight excluding hydrogens is 392 g/mol. The highest BCUT2D eigenvalue weighted by molar-refractivity contribution is 9.10. The molecular formula is C17H17BrN2O3S. The minimum atomic E-state index is -3.71. The summed E-state index contributed by atoms with van der Waals surface area (Å²) in [5, 5.41) is 2.88. The zero-order valence-corrected chi connectivity index (χ0v) is 15.4. The van der Waals surface area contributed by atoms with Crippen LogP contribution in [0.3, 0.4) is 0 Å². The molecule has 2 aromatic carbocycles. The van der Waals surface area contributed by atoms with Gasteiger partial charge in [0.2, 0.25) is 0 Å². The summed E-state index contributed by atoms with van der Waals surface area (Å²) in [5.41, 5.74) is 1.63. The van der Waals surface area contributed by atoms with E-state index in [2.05, 4.69) is 26.0 Å². The van der Waals surface area contributed by atoms with E-state index in [-0.39, 0.29) is 16.8 Å². The highest BCUT2D eigenvalue weighted by Crippen LogP contribution is 2.23. The summed E-state index contributed by atoms with van der Waals surface area (Å²) < 4.78 is 28.4. The van der Waals surface area contributed by atoms with E-state index in [1.807, 2.05) is 6.92 Å². The Morgan fingerprint density at radius 3 is 2.58 bits per heavy atom. The maximum Gasteiger partial charge on any atom is 0.261 e. The quantitative estimate of drug-likeness (QED) is 0.795. The molecule has 24 heavy (non-hydrogen) atoms. The minimum Gasteiger partial charge on any atom is -0.349 e. The number of carbonyl (C=O) groups excluding carboxylic acids is 1. The molecule has 3 rings (SSSR count). The lowest BCUT2D eigenvalue weighted by Crippen LogP contribution is -2.25. The van der Waals surface area contributed by atoms with Gasteiger partial charge in [0.05, 0.1) is 4.90 Å². The lowest BCUT2D eigenvalue weighted by molar-refractivity contribution is 0.0951. The number of hydrogen-bond acceptors (Lipinski definition) is 3. The number of hydrogen-bond donors (Lipinski definition) is 2. The molecule has 0 radical (unpaired) electrons. The van der Waals surface area contributed by atoms with E-state index in [0.717, 1.165) is 22.9 Å². The molecule has 1 amide bonds. The average molecular weight is 409 g/mol. The number of anilines is 1. The molecule has 0 spiro atoms. The molecule has 2 N–H and O–H groups in total. The summed E-state index contributed by atoms with van der Waals surface area (Å²) in [4.78, 5) is 12.2. The van der Waals surface area contributed by atoms with Crippen molar-refractivity contribution in [2.24, 2.45) is 0 Å². The topological polar surface area (TPSA) is 75.3 Å². The first-order valence-corrected chi connectivity index (χ1v) is 9.83. The third-order valence-corrected chi connectivity index (χ3v) is 6.00. The third-order valence-electron chi connectivity index (χ3n) is 3.73. The third kappa shape index (κ3) is 3.96. The maximum absolute atomic E-state index is 12.5. The Balaban J connectivity index is 1.81. The van der Waals surface area contributed by atoms with E-state index in [9.17, 15) is 13.2 Å². The van der Waals surface area contributed by atoms with Gasteiger partial charge in [-0.25, -0.2) is 8.42 Å². The SMILES string of the molecule is Cc1cc(S(=O)(=O)Nc2cccc(C(=O)NC3CC3)c2)ccc1Br. The van der Waals surface area contributed by atoms with Gasteiger partial charge in [0, 0.05) is 21.8 Å². The molecule has 2 aromatic rings. The molecule has 5 nitrogen and oxygen atoms in total. The Morgan fingerprint density at radius 2 is 1.92 bits per heavy atom. The van der Waals surface area contributed by atoms with E-state index in [1.54, 1.807) is 36.4 Å². The van der Waals surface area contributed by atoms with Crippen molar-refractivity contribution in [3.8, 4) is 0 Å². The van der Waals surface area contributed by atoms with Crippen molar-refractivity contribution in [1.82, 2.24) is 5.32 Å². The highest BCUT2D eigenvalue weighted by atomic mass is 79.9. The van der Waals surface area contributed by atoms with Gasteiger partial charge in [-0.05, 0) is 61.7 Å². The lowest BCUT2D eigenvalue weighted by atomic mass is 10.2. The van der Waals surface area contributed by atoms with Gasteiger partial charge in [-0.1, -0.05) is 22.0 Å². The molecule has 0 unspecified atom stereocenters. The van der Waals surface area contributed by atoms with Crippen LogP contribution in [0.4, 0.5) is 5.69 Å². The van der Waals surface area contributed by atoms with Crippen molar-refractivity contribution >= 4 is 37.5 Å². The molecule has 1 saturated carbocycles. The predicted octanol–water partition coefficient (Wildman–Crippen LogP) is 3.45. The number of sulfonamides is 1. The average Bonchev–Trinajstić information content (AvgIpc) is 3.33. The van der Waals surface area contributed by atoms with Crippen molar-refractivity contribution < 1.29 is 13.2 Å². The fraction of sp³-hybridized carbons (Fsp3) is 0.235. The van der Waals surface area contributed by atoms with E-state index < -0.39 is 10.0 Å². The Hall–Kier alpha value is -1.86. The number of aryl methyl sites for hydroxylation is 1. The molecule has 7 heteroatoms. The van der Waals surface area contributed by atoms with Crippen molar-refractivity contribution in [1.29, 1.82) is 0 Å². The number of amides is 1. The molecule has 0 atom stereocenters.